The number of hydrogen-bond donors (Lipinski definition) is 1. The van der Waals surface area contributed by atoms with Crippen LogP contribution in [0, 0.1) is 17.0 Å². The van der Waals surface area contributed by atoms with Crippen LogP contribution < -0.4 is 10.9 Å². The van der Waals surface area contributed by atoms with Gasteiger partial charge in [-0.2, -0.15) is 0 Å². The van der Waals surface area contributed by atoms with Gasteiger partial charge in [-0.1, -0.05) is 25.4 Å². The summed E-state index contributed by atoms with van der Waals surface area (Å²) in [6, 6.07) is 8.96. The summed E-state index contributed by atoms with van der Waals surface area (Å²) < 4.78 is 28.9. The lowest BCUT2D eigenvalue weighted by Gasteiger charge is -2.31. The second-order valence-corrected chi connectivity index (χ2v) is 9.00. The molecule has 0 unspecified atom stereocenters. The summed E-state index contributed by atoms with van der Waals surface area (Å²) in [5, 5.41) is 2.74. The second-order valence-electron chi connectivity index (χ2n) is 8.57. The average Bonchev–Trinajstić information content (AvgIpc) is 2.70. The Kier molecular flexibility index (Phi) is 5.46. The number of Topliss-reactive ketones (excluding diaryl/α,β-unsaturated/α-hetero) is 1. The first-order valence-corrected chi connectivity index (χ1v) is 10.3. The van der Waals surface area contributed by atoms with E-state index in [1.807, 2.05) is 13.8 Å². The lowest BCUT2D eigenvalue weighted by molar-refractivity contribution is 0.0910. The quantitative estimate of drug-likeness (QED) is 0.590. The number of anilines is 1. The molecule has 1 aliphatic carbocycles. The third-order valence-corrected chi connectivity index (χ3v) is 5.67. The molecular formula is C24H19ClF2N2O3. The Bertz CT molecular complexity index is 1310. The summed E-state index contributed by atoms with van der Waals surface area (Å²) in [5.41, 5.74) is -0.854. The van der Waals surface area contributed by atoms with E-state index in [1.165, 1.54) is 10.8 Å². The highest BCUT2D eigenvalue weighted by molar-refractivity contribution is 6.30. The number of amides is 1. The molecule has 0 atom stereocenters. The van der Waals surface area contributed by atoms with Crippen molar-refractivity contribution in [3.8, 4) is 5.69 Å². The van der Waals surface area contributed by atoms with E-state index in [0.29, 0.717) is 22.7 Å². The van der Waals surface area contributed by atoms with Crippen LogP contribution >= 0.6 is 11.6 Å². The molecule has 8 heteroatoms. The van der Waals surface area contributed by atoms with Gasteiger partial charge in [-0.15, -0.1) is 0 Å². The molecule has 32 heavy (non-hydrogen) atoms. The highest BCUT2D eigenvalue weighted by Crippen LogP contribution is 2.36. The van der Waals surface area contributed by atoms with Gasteiger partial charge in [0.1, 0.15) is 17.2 Å². The van der Waals surface area contributed by atoms with Crippen LogP contribution in [-0.4, -0.2) is 16.3 Å². The minimum absolute atomic E-state index is 0.204. The summed E-state index contributed by atoms with van der Waals surface area (Å²) in [7, 11) is 0. The van der Waals surface area contributed by atoms with Crippen LogP contribution in [-0.2, 0) is 6.42 Å². The highest BCUT2D eigenvalue weighted by atomic mass is 35.5. The molecule has 3 aromatic rings. The minimum atomic E-state index is -0.912. The molecule has 1 amide bonds. The molecule has 1 aliphatic rings. The molecule has 4 rings (SSSR count). The maximum atomic E-state index is 14.1. The predicted octanol–water partition coefficient (Wildman–Crippen LogP) is 5.18. The van der Waals surface area contributed by atoms with E-state index in [9.17, 15) is 23.2 Å². The molecule has 0 spiro atoms. The zero-order valence-corrected chi connectivity index (χ0v) is 18.1. The standard InChI is InChI=1S/C24H19ClF2N2O3/c1-24(2)10-16-17(20(30)11-24)12-29(15-6-3-13(25)4-7-15)23(32)21(16)22(31)28-19-9-14(26)5-8-18(19)27/h3-9,12H,10-11H2,1-2H3,(H,28,31). The summed E-state index contributed by atoms with van der Waals surface area (Å²) in [5.74, 6) is -2.71. The number of nitrogens with one attached hydrogen (secondary N) is 1. The molecule has 2 aromatic carbocycles. The van der Waals surface area contributed by atoms with Crippen LogP contribution in [0.5, 0.6) is 0 Å². The number of rotatable bonds is 3. The number of nitrogens with zero attached hydrogens (tertiary/aromatic N) is 1. The maximum Gasteiger partial charge on any atom is 0.268 e. The largest absolute Gasteiger partial charge is 0.319 e. The first-order valence-electron chi connectivity index (χ1n) is 9.90. The number of benzene rings is 2. The molecule has 0 aliphatic heterocycles. The number of halogens is 3. The number of carbonyl (C=O) groups is 2. The fourth-order valence-corrected chi connectivity index (χ4v) is 4.08. The Morgan fingerprint density at radius 2 is 1.75 bits per heavy atom. The van der Waals surface area contributed by atoms with Crippen molar-refractivity contribution in [2.24, 2.45) is 5.41 Å². The molecule has 0 bridgehead atoms. The van der Waals surface area contributed by atoms with Gasteiger partial charge < -0.3 is 5.32 Å². The SMILES string of the molecule is CC1(C)CC(=O)c2cn(-c3ccc(Cl)cc3)c(=O)c(C(=O)Nc3cc(F)ccc3F)c2C1. The van der Waals surface area contributed by atoms with Gasteiger partial charge in [-0.3, -0.25) is 19.0 Å². The molecule has 0 saturated heterocycles. The lowest BCUT2D eigenvalue weighted by Crippen LogP contribution is -2.37. The molecule has 0 fully saturated rings. The molecule has 1 aromatic heterocycles. The Morgan fingerprint density at radius 3 is 2.44 bits per heavy atom. The monoisotopic (exact) mass is 456 g/mol. The van der Waals surface area contributed by atoms with Crippen molar-refractivity contribution < 1.29 is 18.4 Å². The molecule has 5 nitrogen and oxygen atoms in total. The average molecular weight is 457 g/mol. The van der Waals surface area contributed by atoms with Crippen LogP contribution in [0.1, 0.15) is 46.5 Å². The van der Waals surface area contributed by atoms with E-state index in [1.54, 1.807) is 24.3 Å². The van der Waals surface area contributed by atoms with Crippen LogP contribution in [0.3, 0.4) is 0 Å². The van der Waals surface area contributed by atoms with Gasteiger partial charge in [0.15, 0.2) is 5.78 Å². The number of pyridine rings is 1. The summed E-state index contributed by atoms with van der Waals surface area (Å²) in [6.45, 7) is 3.74. The summed E-state index contributed by atoms with van der Waals surface area (Å²) >= 11 is 5.94. The van der Waals surface area contributed by atoms with Crippen LogP contribution in [0.15, 0.2) is 53.5 Å². The third kappa shape index (κ3) is 4.08. The molecule has 0 saturated carbocycles. The fraction of sp³-hybridized carbons (Fsp3) is 0.208. The van der Waals surface area contributed by atoms with Gasteiger partial charge in [0.25, 0.3) is 11.5 Å². The Morgan fingerprint density at radius 1 is 1.06 bits per heavy atom. The second kappa shape index (κ2) is 7.98. The van der Waals surface area contributed by atoms with Gasteiger partial charge in [0.05, 0.1) is 5.69 Å². The Labute approximate surface area is 187 Å². The molecule has 164 valence electrons. The van der Waals surface area contributed by atoms with Crippen molar-refractivity contribution in [1.29, 1.82) is 0 Å². The Balaban J connectivity index is 1.92. The molecule has 0 radical (unpaired) electrons. The first-order chi connectivity index (χ1) is 15.1. The number of fused-ring (bicyclic) bond motifs is 1. The highest BCUT2D eigenvalue weighted by Gasteiger charge is 2.36. The van der Waals surface area contributed by atoms with Crippen molar-refractivity contribution in [2.45, 2.75) is 26.7 Å². The van der Waals surface area contributed by atoms with Crippen molar-refractivity contribution in [2.75, 3.05) is 5.32 Å². The topological polar surface area (TPSA) is 68.2 Å². The van der Waals surface area contributed by atoms with Crippen molar-refractivity contribution in [3.05, 3.63) is 92.4 Å². The van der Waals surface area contributed by atoms with Crippen LogP contribution in [0.25, 0.3) is 5.69 Å². The van der Waals surface area contributed by atoms with Gasteiger partial charge in [-0.05, 0) is 53.8 Å². The number of hydrogen-bond acceptors (Lipinski definition) is 3. The van der Waals surface area contributed by atoms with Gasteiger partial charge in [-0.25, -0.2) is 8.78 Å². The fourth-order valence-electron chi connectivity index (χ4n) is 3.95. The van der Waals surface area contributed by atoms with Crippen molar-refractivity contribution >= 4 is 29.0 Å². The normalized spacial score (nSPS) is 14.7. The van der Waals surface area contributed by atoms with Crippen molar-refractivity contribution in [3.63, 3.8) is 0 Å². The van der Waals surface area contributed by atoms with Crippen LogP contribution in [0.2, 0.25) is 5.02 Å². The first kappa shape index (κ1) is 21.9. The van der Waals surface area contributed by atoms with E-state index in [0.717, 1.165) is 18.2 Å². The summed E-state index contributed by atoms with van der Waals surface area (Å²) in [4.78, 5) is 39.5. The molecule has 1 N–H and O–H groups in total. The van der Waals surface area contributed by atoms with Gasteiger partial charge >= 0.3 is 0 Å². The van der Waals surface area contributed by atoms with Gasteiger partial charge in [0.2, 0.25) is 0 Å². The summed E-state index contributed by atoms with van der Waals surface area (Å²) in [6.07, 6.45) is 1.98. The molecular weight excluding hydrogens is 438 g/mol. The number of ketones is 1. The van der Waals surface area contributed by atoms with Crippen molar-refractivity contribution in [1.82, 2.24) is 4.57 Å². The smallest absolute Gasteiger partial charge is 0.268 e. The van der Waals surface area contributed by atoms with E-state index in [2.05, 4.69) is 5.32 Å². The number of aromatic nitrogens is 1. The lowest BCUT2D eigenvalue weighted by atomic mass is 9.73. The molecule has 1 heterocycles. The third-order valence-electron chi connectivity index (χ3n) is 5.42. The zero-order chi connectivity index (χ0) is 23.2. The van der Waals surface area contributed by atoms with Crippen LogP contribution in [0.4, 0.5) is 14.5 Å². The minimum Gasteiger partial charge on any atom is -0.319 e. The van der Waals surface area contributed by atoms with E-state index < -0.39 is 34.2 Å². The van der Waals surface area contributed by atoms with E-state index >= 15 is 0 Å². The van der Waals surface area contributed by atoms with E-state index in [-0.39, 0.29) is 23.3 Å². The van der Waals surface area contributed by atoms with E-state index in [4.69, 9.17) is 11.6 Å². The number of carbonyl (C=O) groups excluding carboxylic acids is 2. The van der Waals surface area contributed by atoms with Gasteiger partial charge in [0, 0.05) is 35.0 Å². The predicted molar refractivity (Wildman–Crippen MR) is 118 cm³/mol. The maximum absolute atomic E-state index is 14.1. The Hall–Kier alpha value is -3.32. The zero-order valence-electron chi connectivity index (χ0n) is 17.3.